The average Bonchev–Trinajstić information content (AvgIpc) is 3.31. The van der Waals surface area contributed by atoms with E-state index in [0.717, 1.165) is 36.3 Å². The zero-order valence-electron chi connectivity index (χ0n) is 11.7. The highest BCUT2D eigenvalue weighted by atomic mass is 16.2. The van der Waals surface area contributed by atoms with Crippen LogP contribution < -0.4 is 16.0 Å². The Morgan fingerprint density at radius 2 is 1.90 bits per heavy atom. The Bertz CT molecular complexity index is 593. The molecule has 0 saturated heterocycles. The van der Waals surface area contributed by atoms with Gasteiger partial charge in [-0.1, -0.05) is 6.07 Å². The summed E-state index contributed by atoms with van der Waals surface area (Å²) in [6.07, 6.45) is 5.77. The lowest BCUT2D eigenvalue weighted by Crippen LogP contribution is -2.30. The van der Waals surface area contributed by atoms with Gasteiger partial charge in [-0.3, -0.25) is 4.98 Å². The number of pyridine rings is 1. The third kappa shape index (κ3) is 4.21. The van der Waals surface area contributed by atoms with Crippen molar-refractivity contribution >= 4 is 17.4 Å². The molecule has 108 valence electrons. The Kier molecular flexibility index (Phi) is 4.00. The molecule has 5 heteroatoms. The molecule has 1 aromatic carbocycles. The second kappa shape index (κ2) is 6.26. The van der Waals surface area contributed by atoms with Gasteiger partial charge in [0.2, 0.25) is 0 Å². The molecule has 0 aliphatic heterocycles. The number of benzene rings is 1. The monoisotopic (exact) mass is 282 g/mol. The maximum absolute atomic E-state index is 11.6. The molecule has 0 bridgehead atoms. The Hall–Kier alpha value is -2.56. The van der Waals surface area contributed by atoms with Crippen LogP contribution >= 0.6 is 0 Å². The van der Waals surface area contributed by atoms with Gasteiger partial charge in [0.15, 0.2) is 0 Å². The van der Waals surface area contributed by atoms with E-state index in [1.54, 1.807) is 6.20 Å². The number of amides is 2. The number of hydrogen-bond acceptors (Lipinski definition) is 3. The summed E-state index contributed by atoms with van der Waals surface area (Å²) in [4.78, 5) is 15.7. The van der Waals surface area contributed by atoms with Crippen molar-refractivity contribution in [2.45, 2.75) is 25.4 Å². The maximum Gasteiger partial charge on any atom is 0.319 e. The number of urea groups is 1. The minimum absolute atomic E-state index is 0.131. The lowest BCUT2D eigenvalue weighted by atomic mass is 10.2. The normalized spacial score (nSPS) is 13.5. The first kappa shape index (κ1) is 13.4. The molecule has 0 unspecified atom stereocenters. The van der Waals surface area contributed by atoms with E-state index in [4.69, 9.17) is 0 Å². The van der Waals surface area contributed by atoms with Gasteiger partial charge in [0, 0.05) is 36.4 Å². The van der Waals surface area contributed by atoms with E-state index in [1.807, 2.05) is 42.6 Å². The molecular weight excluding hydrogens is 264 g/mol. The van der Waals surface area contributed by atoms with Gasteiger partial charge in [-0.15, -0.1) is 0 Å². The van der Waals surface area contributed by atoms with Gasteiger partial charge >= 0.3 is 6.03 Å². The fourth-order valence-corrected chi connectivity index (χ4v) is 1.96. The first-order valence-electron chi connectivity index (χ1n) is 7.10. The summed E-state index contributed by atoms with van der Waals surface area (Å²) >= 11 is 0. The maximum atomic E-state index is 11.6. The van der Waals surface area contributed by atoms with E-state index in [9.17, 15) is 4.79 Å². The minimum atomic E-state index is -0.131. The molecular formula is C16H18N4O. The van der Waals surface area contributed by atoms with Gasteiger partial charge in [0.25, 0.3) is 0 Å². The molecule has 0 spiro atoms. The van der Waals surface area contributed by atoms with Crippen LogP contribution in [0, 0.1) is 0 Å². The standard InChI is InChI=1S/C16H18N4O/c21-16(20-15-7-8-15)19-14-5-3-13(4-6-14)18-11-12-2-1-9-17-10-12/h1-6,9-10,15,18H,7-8,11H2,(H2,19,20,21). The number of anilines is 2. The van der Waals surface area contributed by atoms with E-state index in [0.29, 0.717) is 6.04 Å². The van der Waals surface area contributed by atoms with E-state index in [-0.39, 0.29) is 6.03 Å². The second-order valence-electron chi connectivity index (χ2n) is 5.16. The predicted octanol–water partition coefficient (Wildman–Crippen LogP) is 2.98. The topological polar surface area (TPSA) is 66.0 Å². The molecule has 0 atom stereocenters. The molecule has 3 N–H and O–H groups in total. The Balaban J connectivity index is 1.50. The Morgan fingerprint density at radius 1 is 1.14 bits per heavy atom. The smallest absolute Gasteiger partial charge is 0.319 e. The molecule has 0 radical (unpaired) electrons. The highest BCUT2D eigenvalue weighted by Crippen LogP contribution is 2.19. The van der Waals surface area contributed by atoms with Crippen LogP contribution in [-0.4, -0.2) is 17.1 Å². The third-order valence-corrected chi connectivity index (χ3v) is 3.27. The molecule has 5 nitrogen and oxygen atoms in total. The lowest BCUT2D eigenvalue weighted by Gasteiger charge is -2.09. The summed E-state index contributed by atoms with van der Waals surface area (Å²) in [6, 6.07) is 11.8. The van der Waals surface area contributed by atoms with Gasteiger partial charge in [-0.05, 0) is 48.7 Å². The van der Waals surface area contributed by atoms with Crippen molar-refractivity contribution in [3.05, 3.63) is 54.4 Å². The largest absolute Gasteiger partial charge is 0.381 e. The zero-order valence-corrected chi connectivity index (χ0v) is 11.7. The first-order chi connectivity index (χ1) is 10.3. The van der Waals surface area contributed by atoms with Crippen molar-refractivity contribution in [1.29, 1.82) is 0 Å². The van der Waals surface area contributed by atoms with Crippen LogP contribution in [0.2, 0.25) is 0 Å². The van der Waals surface area contributed by atoms with Crippen molar-refractivity contribution in [1.82, 2.24) is 10.3 Å². The van der Waals surface area contributed by atoms with Crippen molar-refractivity contribution < 1.29 is 4.79 Å². The van der Waals surface area contributed by atoms with E-state index < -0.39 is 0 Å². The molecule has 1 aromatic heterocycles. The number of carbonyl (C=O) groups excluding carboxylic acids is 1. The summed E-state index contributed by atoms with van der Waals surface area (Å²) in [5, 5.41) is 9.03. The van der Waals surface area contributed by atoms with Crippen LogP contribution in [0.25, 0.3) is 0 Å². The number of carbonyl (C=O) groups is 1. The molecule has 1 fully saturated rings. The van der Waals surface area contributed by atoms with Crippen molar-refractivity contribution in [2.24, 2.45) is 0 Å². The van der Waals surface area contributed by atoms with Crippen LogP contribution in [0.3, 0.4) is 0 Å². The molecule has 2 amide bonds. The van der Waals surface area contributed by atoms with Gasteiger partial charge < -0.3 is 16.0 Å². The highest BCUT2D eigenvalue weighted by molar-refractivity contribution is 5.89. The van der Waals surface area contributed by atoms with Crippen molar-refractivity contribution in [3.63, 3.8) is 0 Å². The number of aromatic nitrogens is 1. The summed E-state index contributed by atoms with van der Waals surface area (Å²) < 4.78 is 0. The summed E-state index contributed by atoms with van der Waals surface area (Å²) in [5.74, 6) is 0. The van der Waals surface area contributed by atoms with Crippen molar-refractivity contribution in [3.8, 4) is 0 Å². The predicted molar refractivity (Wildman–Crippen MR) is 83.2 cm³/mol. The molecule has 1 saturated carbocycles. The summed E-state index contributed by atoms with van der Waals surface area (Å²) in [7, 11) is 0. The summed E-state index contributed by atoms with van der Waals surface area (Å²) in [6.45, 7) is 0.725. The van der Waals surface area contributed by atoms with E-state index in [1.165, 1.54) is 0 Å². The van der Waals surface area contributed by atoms with Crippen LogP contribution in [0.15, 0.2) is 48.8 Å². The molecule has 2 aromatic rings. The van der Waals surface area contributed by atoms with Crippen LogP contribution in [0.5, 0.6) is 0 Å². The van der Waals surface area contributed by atoms with Gasteiger partial charge in [-0.2, -0.15) is 0 Å². The molecule has 1 heterocycles. The molecule has 3 rings (SSSR count). The van der Waals surface area contributed by atoms with Gasteiger partial charge in [0.05, 0.1) is 0 Å². The van der Waals surface area contributed by atoms with Crippen molar-refractivity contribution in [2.75, 3.05) is 10.6 Å². The fraction of sp³-hybridized carbons (Fsp3) is 0.250. The minimum Gasteiger partial charge on any atom is -0.381 e. The molecule has 21 heavy (non-hydrogen) atoms. The van der Waals surface area contributed by atoms with E-state index in [2.05, 4.69) is 20.9 Å². The third-order valence-electron chi connectivity index (χ3n) is 3.27. The van der Waals surface area contributed by atoms with Crippen LogP contribution in [-0.2, 0) is 6.54 Å². The number of nitrogens with zero attached hydrogens (tertiary/aromatic N) is 1. The Labute approximate surface area is 123 Å². The summed E-state index contributed by atoms with van der Waals surface area (Å²) in [5.41, 5.74) is 2.93. The first-order valence-corrected chi connectivity index (χ1v) is 7.10. The number of rotatable bonds is 5. The Morgan fingerprint density at radius 3 is 2.57 bits per heavy atom. The molecule has 1 aliphatic carbocycles. The SMILES string of the molecule is O=C(Nc1ccc(NCc2cccnc2)cc1)NC1CC1. The molecule has 1 aliphatic rings. The number of nitrogens with one attached hydrogen (secondary N) is 3. The number of hydrogen-bond donors (Lipinski definition) is 3. The zero-order chi connectivity index (χ0) is 14.5. The second-order valence-corrected chi connectivity index (χ2v) is 5.16. The van der Waals surface area contributed by atoms with Crippen LogP contribution in [0.4, 0.5) is 16.2 Å². The van der Waals surface area contributed by atoms with E-state index >= 15 is 0 Å². The average molecular weight is 282 g/mol. The quantitative estimate of drug-likeness (QED) is 0.790. The lowest BCUT2D eigenvalue weighted by molar-refractivity contribution is 0.251. The van der Waals surface area contributed by atoms with Gasteiger partial charge in [-0.25, -0.2) is 4.79 Å². The van der Waals surface area contributed by atoms with Crippen LogP contribution in [0.1, 0.15) is 18.4 Å². The fourth-order valence-electron chi connectivity index (χ4n) is 1.96. The highest BCUT2D eigenvalue weighted by Gasteiger charge is 2.23. The van der Waals surface area contributed by atoms with Gasteiger partial charge in [0.1, 0.15) is 0 Å².